The number of phenolic OH excluding ortho intramolecular Hbond substituents is 1. The summed E-state index contributed by atoms with van der Waals surface area (Å²) in [6.07, 6.45) is 5.12. The second-order valence-electron chi connectivity index (χ2n) is 5.24. The highest BCUT2D eigenvalue weighted by molar-refractivity contribution is 6.31. The number of benzene rings is 1. The molecular weight excluding hydrogens is 318 g/mol. The topological polar surface area (TPSA) is 75.6 Å². The molecule has 23 heavy (non-hydrogen) atoms. The van der Waals surface area contributed by atoms with Gasteiger partial charge in [-0.1, -0.05) is 30.9 Å². The van der Waals surface area contributed by atoms with E-state index in [4.69, 9.17) is 16.3 Å². The number of ether oxygens (including phenoxy) is 1. The molecule has 0 aliphatic heterocycles. The van der Waals surface area contributed by atoms with Crippen molar-refractivity contribution in [2.45, 2.75) is 45.4 Å². The smallest absolute Gasteiger partial charge is 0.305 e. The first kappa shape index (κ1) is 19.3. The summed E-state index contributed by atoms with van der Waals surface area (Å²) in [5.41, 5.74) is 0.187. The number of carbonyl (C=O) groups is 2. The number of nitrogens with one attached hydrogen (secondary N) is 1. The number of aromatic hydroxyl groups is 1. The van der Waals surface area contributed by atoms with Gasteiger partial charge >= 0.3 is 5.97 Å². The molecule has 1 aromatic carbocycles. The predicted molar refractivity (Wildman–Crippen MR) is 89.8 cm³/mol. The van der Waals surface area contributed by atoms with Gasteiger partial charge in [-0.15, -0.1) is 0 Å². The third-order valence-corrected chi connectivity index (χ3v) is 3.59. The fourth-order valence-electron chi connectivity index (χ4n) is 2.15. The minimum absolute atomic E-state index is 0.0779. The van der Waals surface area contributed by atoms with Crippen LogP contribution in [0.1, 0.15) is 55.8 Å². The van der Waals surface area contributed by atoms with Gasteiger partial charge in [-0.3, -0.25) is 9.59 Å². The molecule has 0 atom stereocenters. The van der Waals surface area contributed by atoms with Crippen LogP contribution in [0.2, 0.25) is 5.02 Å². The maximum absolute atomic E-state index is 11.9. The Hall–Kier alpha value is -1.75. The molecule has 0 heterocycles. The van der Waals surface area contributed by atoms with Crippen molar-refractivity contribution in [1.82, 2.24) is 5.32 Å². The molecule has 0 bridgehead atoms. The molecule has 0 unspecified atom stereocenters. The molecule has 0 fully saturated rings. The van der Waals surface area contributed by atoms with Crippen molar-refractivity contribution in [3.63, 3.8) is 0 Å². The van der Waals surface area contributed by atoms with E-state index in [1.54, 1.807) is 6.92 Å². The van der Waals surface area contributed by atoms with Crippen LogP contribution in [0.4, 0.5) is 0 Å². The number of amides is 1. The van der Waals surface area contributed by atoms with Crippen LogP contribution in [-0.4, -0.2) is 30.1 Å². The Morgan fingerprint density at radius 1 is 1.17 bits per heavy atom. The molecule has 5 nitrogen and oxygen atoms in total. The van der Waals surface area contributed by atoms with E-state index < -0.39 is 0 Å². The molecule has 0 radical (unpaired) electrons. The van der Waals surface area contributed by atoms with Crippen LogP contribution in [0.3, 0.4) is 0 Å². The summed E-state index contributed by atoms with van der Waals surface area (Å²) in [5, 5.41) is 12.8. The number of hydrogen-bond donors (Lipinski definition) is 2. The third-order valence-electron chi connectivity index (χ3n) is 3.35. The Labute approximate surface area is 142 Å². The van der Waals surface area contributed by atoms with Gasteiger partial charge in [0, 0.05) is 18.0 Å². The monoisotopic (exact) mass is 341 g/mol. The Bertz CT molecular complexity index is 519. The zero-order chi connectivity index (χ0) is 17.1. The molecule has 0 saturated carbocycles. The van der Waals surface area contributed by atoms with E-state index in [-0.39, 0.29) is 23.2 Å². The highest BCUT2D eigenvalue weighted by atomic mass is 35.5. The maximum atomic E-state index is 11.9. The van der Waals surface area contributed by atoms with Crippen LogP contribution < -0.4 is 5.32 Å². The van der Waals surface area contributed by atoms with Crippen LogP contribution in [0.5, 0.6) is 5.75 Å². The summed E-state index contributed by atoms with van der Waals surface area (Å²) >= 11 is 5.81. The molecule has 1 amide bonds. The predicted octanol–water partition coefficient (Wildman–Crippen LogP) is 3.68. The van der Waals surface area contributed by atoms with Crippen LogP contribution in [0, 0.1) is 0 Å². The summed E-state index contributed by atoms with van der Waals surface area (Å²) in [6.45, 7) is 2.78. The van der Waals surface area contributed by atoms with Gasteiger partial charge in [0.15, 0.2) is 0 Å². The molecule has 0 aliphatic carbocycles. The van der Waals surface area contributed by atoms with Gasteiger partial charge in [0.25, 0.3) is 5.91 Å². The molecule has 0 saturated heterocycles. The zero-order valence-corrected chi connectivity index (χ0v) is 14.2. The molecule has 2 N–H and O–H groups in total. The second-order valence-corrected chi connectivity index (χ2v) is 5.68. The van der Waals surface area contributed by atoms with E-state index in [1.807, 2.05) is 0 Å². The Morgan fingerprint density at radius 2 is 1.87 bits per heavy atom. The first-order valence-corrected chi connectivity index (χ1v) is 8.34. The van der Waals surface area contributed by atoms with Crippen LogP contribution >= 0.6 is 11.6 Å². The van der Waals surface area contributed by atoms with E-state index in [0.717, 1.165) is 32.1 Å². The number of rotatable bonds is 10. The Morgan fingerprint density at radius 3 is 2.61 bits per heavy atom. The SMILES string of the molecule is CCOC(=O)CCCCCCCNC(=O)c1cc(Cl)ccc1O. The fraction of sp³-hybridized carbons (Fsp3) is 0.529. The summed E-state index contributed by atoms with van der Waals surface area (Å²) in [5.74, 6) is -0.542. The van der Waals surface area contributed by atoms with Gasteiger partial charge in [-0.05, 0) is 38.0 Å². The largest absolute Gasteiger partial charge is 0.507 e. The normalized spacial score (nSPS) is 10.3. The quantitative estimate of drug-likeness (QED) is 0.503. The van der Waals surface area contributed by atoms with Gasteiger partial charge in [0.05, 0.1) is 12.2 Å². The van der Waals surface area contributed by atoms with Crippen molar-refractivity contribution in [3.8, 4) is 5.75 Å². The number of carbonyl (C=O) groups excluding carboxylic acids is 2. The summed E-state index contributed by atoms with van der Waals surface area (Å²) in [7, 11) is 0. The van der Waals surface area contributed by atoms with Crippen LogP contribution in [0.15, 0.2) is 18.2 Å². The molecule has 6 heteroatoms. The van der Waals surface area contributed by atoms with Gasteiger partial charge in [-0.2, -0.15) is 0 Å². The van der Waals surface area contributed by atoms with Gasteiger partial charge in [0.2, 0.25) is 0 Å². The van der Waals surface area contributed by atoms with Crippen molar-refractivity contribution < 1.29 is 19.4 Å². The minimum atomic E-state index is -0.327. The Kier molecular flexibility index (Phi) is 9.14. The number of hydrogen-bond acceptors (Lipinski definition) is 4. The number of esters is 1. The zero-order valence-electron chi connectivity index (χ0n) is 13.4. The molecule has 0 aliphatic rings. The van der Waals surface area contributed by atoms with E-state index in [9.17, 15) is 14.7 Å². The lowest BCUT2D eigenvalue weighted by Gasteiger charge is -2.07. The van der Waals surface area contributed by atoms with Crippen LogP contribution in [-0.2, 0) is 9.53 Å². The van der Waals surface area contributed by atoms with Crippen molar-refractivity contribution in [2.75, 3.05) is 13.2 Å². The average molecular weight is 342 g/mol. The van der Waals surface area contributed by atoms with E-state index in [0.29, 0.717) is 24.6 Å². The highest BCUT2D eigenvalue weighted by Crippen LogP contribution is 2.21. The summed E-state index contributed by atoms with van der Waals surface area (Å²) < 4.78 is 4.86. The standard InChI is InChI=1S/C17H24ClNO4/c1-2-23-16(21)8-6-4-3-5-7-11-19-17(22)14-12-13(18)9-10-15(14)20/h9-10,12,20H,2-8,11H2,1H3,(H,19,22). The van der Waals surface area contributed by atoms with Crippen molar-refractivity contribution >= 4 is 23.5 Å². The number of halogens is 1. The molecular formula is C17H24ClNO4. The molecule has 0 aromatic heterocycles. The molecule has 0 spiro atoms. The minimum Gasteiger partial charge on any atom is -0.507 e. The number of phenols is 1. The van der Waals surface area contributed by atoms with E-state index >= 15 is 0 Å². The lowest BCUT2D eigenvalue weighted by Crippen LogP contribution is -2.24. The van der Waals surface area contributed by atoms with Crippen molar-refractivity contribution in [1.29, 1.82) is 0 Å². The number of unbranched alkanes of at least 4 members (excludes halogenated alkanes) is 4. The molecule has 1 rings (SSSR count). The summed E-state index contributed by atoms with van der Waals surface area (Å²) in [4.78, 5) is 23.0. The first-order valence-electron chi connectivity index (χ1n) is 7.97. The second kappa shape index (κ2) is 10.9. The third kappa shape index (κ3) is 7.88. The first-order chi connectivity index (χ1) is 11.0. The van der Waals surface area contributed by atoms with Crippen molar-refractivity contribution in [3.05, 3.63) is 28.8 Å². The summed E-state index contributed by atoms with van der Waals surface area (Å²) in [6, 6.07) is 4.38. The molecule has 128 valence electrons. The lowest BCUT2D eigenvalue weighted by molar-refractivity contribution is -0.143. The van der Waals surface area contributed by atoms with E-state index in [2.05, 4.69) is 5.32 Å². The van der Waals surface area contributed by atoms with Gasteiger partial charge in [0.1, 0.15) is 5.75 Å². The maximum Gasteiger partial charge on any atom is 0.305 e. The van der Waals surface area contributed by atoms with Gasteiger partial charge < -0.3 is 15.2 Å². The lowest BCUT2D eigenvalue weighted by atomic mass is 10.1. The van der Waals surface area contributed by atoms with Gasteiger partial charge in [-0.25, -0.2) is 0 Å². The molecule has 1 aromatic rings. The Balaban J connectivity index is 2.10. The fourth-order valence-corrected chi connectivity index (χ4v) is 2.32. The van der Waals surface area contributed by atoms with Crippen molar-refractivity contribution in [2.24, 2.45) is 0 Å². The van der Waals surface area contributed by atoms with E-state index in [1.165, 1.54) is 18.2 Å². The van der Waals surface area contributed by atoms with Crippen LogP contribution in [0.25, 0.3) is 0 Å². The highest BCUT2D eigenvalue weighted by Gasteiger charge is 2.10. The average Bonchev–Trinajstić information content (AvgIpc) is 2.52.